The Morgan fingerprint density at radius 2 is 1.67 bits per heavy atom. The van der Waals surface area contributed by atoms with E-state index in [0.717, 1.165) is 23.3 Å². The molecule has 0 saturated heterocycles. The lowest BCUT2D eigenvalue weighted by Crippen LogP contribution is -2.51. The molecule has 162 valence electrons. The Bertz CT molecular complexity index is 810. The monoisotopic (exact) mass is 426 g/mol. The highest BCUT2D eigenvalue weighted by atomic mass is 32.2. The summed E-state index contributed by atoms with van der Waals surface area (Å²) in [5.41, 5.74) is 3.40. The van der Waals surface area contributed by atoms with Crippen molar-refractivity contribution in [2.75, 3.05) is 5.75 Å². The molecule has 0 spiro atoms. The van der Waals surface area contributed by atoms with Crippen LogP contribution in [0.15, 0.2) is 54.6 Å². The van der Waals surface area contributed by atoms with E-state index in [2.05, 4.69) is 17.4 Å². The lowest BCUT2D eigenvalue weighted by Gasteiger charge is -2.32. The maximum absolute atomic E-state index is 13.2. The Labute approximate surface area is 185 Å². The van der Waals surface area contributed by atoms with E-state index in [4.69, 9.17) is 0 Å². The fraction of sp³-hybridized carbons (Fsp3) is 0.440. The molecule has 0 heterocycles. The molecular weight excluding hydrogens is 392 g/mol. The fourth-order valence-electron chi connectivity index (χ4n) is 3.24. The molecule has 1 N–H and O–H groups in total. The number of carbonyl (C=O) groups is 2. The lowest BCUT2D eigenvalue weighted by atomic mass is 10.1. The van der Waals surface area contributed by atoms with Crippen molar-refractivity contribution in [1.29, 1.82) is 0 Å². The molecule has 2 rings (SSSR count). The summed E-state index contributed by atoms with van der Waals surface area (Å²) in [6, 6.07) is 17.8. The van der Waals surface area contributed by atoms with Gasteiger partial charge in [-0.05, 0) is 43.4 Å². The van der Waals surface area contributed by atoms with Gasteiger partial charge in [0.1, 0.15) is 6.04 Å². The number of carbonyl (C=O) groups excluding carboxylic acids is 2. The molecule has 30 heavy (non-hydrogen) atoms. The van der Waals surface area contributed by atoms with E-state index in [1.165, 1.54) is 5.56 Å². The highest BCUT2D eigenvalue weighted by Crippen LogP contribution is 2.19. The number of nitrogens with zero attached hydrogens (tertiary/aromatic N) is 1. The SMILES string of the molecule is CC[C@H](C)NC(=O)[C@H](CC)N(Cc1ccccc1C)C(=O)CSCc1ccccc1. The van der Waals surface area contributed by atoms with Gasteiger partial charge < -0.3 is 10.2 Å². The molecule has 4 nitrogen and oxygen atoms in total. The van der Waals surface area contributed by atoms with Crippen LogP contribution < -0.4 is 5.32 Å². The van der Waals surface area contributed by atoms with Crippen molar-refractivity contribution in [3.8, 4) is 0 Å². The van der Waals surface area contributed by atoms with Crippen LogP contribution in [0.4, 0.5) is 0 Å². The summed E-state index contributed by atoms with van der Waals surface area (Å²) in [7, 11) is 0. The van der Waals surface area contributed by atoms with Crippen molar-refractivity contribution in [3.63, 3.8) is 0 Å². The van der Waals surface area contributed by atoms with Gasteiger partial charge in [-0.1, -0.05) is 68.4 Å². The van der Waals surface area contributed by atoms with Gasteiger partial charge in [0.2, 0.25) is 11.8 Å². The third kappa shape index (κ3) is 7.21. The average Bonchev–Trinajstić information content (AvgIpc) is 2.75. The summed E-state index contributed by atoms with van der Waals surface area (Å²) < 4.78 is 0. The van der Waals surface area contributed by atoms with Gasteiger partial charge in [-0.25, -0.2) is 0 Å². The van der Waals surface area contributed by atoms with Crippen molar-refractivity contribution in [2.24, 2.45) is 0 Å². The number of benzene rings is 2. The molecule has 0 aliphatic carbocycles. The second-order valence-corrected chi connectivity index (χ2v) is 8.65. The minimum absolute atomic E-state index is 0.00494. The number of hydrogen-bond acceptors (Lipinski definition) is 3. The maximum atomic E-state index is 13.2. The van der Waals surface area contributed by atoms with E-state index in [9.17, 15) is 9.59 Å². The highest BCUT2D eigenvalue weighted by Gasteiger charge is 2.29. The summed E-state index contributed by atoms with van der Waals surface area (Å²) >= 11 is 1.59. The highest BCUT2D eigenvalue weighted by molar-refractivity contribution is 7.99. The van der Waals surface area contributed by atoms with Crippen LogP contribution in [0, 0.1) is 6.92 Å². The molecule has 2 amide bonds. The Kier molecular flexibility index (Phi) is 9.95. The second kappa shape index (κ2) is 12.4. The first kappa shape index (κ1) is 24.0. The number of rotatable bonds is 11. The molecule has 0 unspecified atom stereocenters. The Hall–Kier alpha value is -2.27. The number of thioether (sulfide) groups is 1. The van der Waals surface area contributed by atoms with E-state index in [1.807, 2.05) is 70.2 Å². The van der Waals surface area contributed by atoms with E-state index in [-0.39, 0.29) is 17.9 Å². The maximum Gasteiger partial charge on any atom is 0.243 e. The Morgan fingerprint density at radius 3 is 2.30 bits per heavy atom. The first-order valence-electron chi connectivity index (χ1n) is 10.7. The van der Waals surface area contributed by atoms with Crippen molar-refractivity contribution in [1.82, 2.24) is 10.2 Å². The standard InChI is InChI=1S/C25H34N2O2S/c1-5-20(4)26-25(29)23(6-2)27(16-22-15-11-10-12-19(22)3)24(28)18-30-17-21-13-8-7-9-14-21/h7-15,20,23H,5-6,16-18H2,1-4H3,(H,26,29)/t20-,23-/m0/s1. The van der Waals surface area contributed by atoms with Gasteiger partial charge in [0.05, 0.1) is 5.75 Å². The van der Waals surface area contributed by atoms with Gasteiger partial charge in [0, 0.05) is 18.3 Å². The zero-order valence-electron chi connectivity index (χ0n) is 18.6. The first-order valence-corrected chi connectivity index (χ1v) is 11.9. The van der Waals surface area contributed by atoms with Crippen LogP contribution in [-0.2, 0) is 21.9 Å². The van der Waals surface area contributed by atoms with E-state index < -0.39 is 6.04 Å². The summed E-state index contributed by atoms with van der Waals surface area (Å²) in [4.78, 5) is 27.9. The zero-order chi connectivity index (χ0) is 21.9. The Balaban J connectivity index is 2.15. The predicted molar refractivity (Wildman–Crippen MR) is 126 cm³/mol. The van der Waals surface area contributed by atoms with Crippen LogP contribution in [0.25, 0.3) is 0 Å². The Morgan fingerprint density at radius 1 is 1.00 bits per heavy atom. The molecule has 0 bridgehead atoms. The molecule has 2 aromatic carbocycles. The summed E-state index contributed by atoms with van der Waals surface area (Å²) in [6.07, 6.45) is 1.45. The van der Waals surface area contributed by atoms with Gasteiger partial charge in [0.25, 0.3) is 0 Å². The molecule has 2 aromatic rings. The molecule has 0 aliphatic rings. The van der Waals surface area contributed by atoms with Gasteiger partial charge >= 0.3 is 0 Å². The average molecular weight is 427 g/mol. The van der Waals surface area contributed by atoms with E-state index in [0.29, 0.717) is 18.7 Å². The van der Waals surface area contributed by atoms with E-state index in [1.54, 1.807) is 16.7 Å². The molecule has 0 radical (unpaired) electrons. The summed E-state index contributed by atoms with van der Waals surface area (Å²) in [5, 5.41) is 3.06. The molecule has 5 heteroatoms. The molecule has 0 aromatic heterocycles. The van der Waals surface area contributed by atoms with Crippen LogP contribution in [-0.4, -0.2) is 34.6 Å². The fourth-order valence-corrected chi connectivity index (χ4v) is 4.12. The lowest BCUT2D eigenvalue weighted by molar-refractivity contribution is -0.139. The number of amides is 2. The smallest absolute Gasteiger partial charge is 0.243 e. The minimum Gasteiger partial charge on any atom is -0.352 e. The van der Waals surface area contributed by atoms with Crippen LogP contribution in [0.1, 0.15) is 50.3 Å². The van der Waals surface area contributed by atoms with Crippen molar-refractivity contribution >= 4 is 23.6 Å². The van der Waals surface area contributed by atoms with E-state index >= 15 is 0 Å². The van der Waals surface area contributed by atoms with Crippen molar-refractivity contribution in [2.45, 2.75) is 64.9 Å². The number of hydrogen-bond donors (Lipinski definition) is 1. The largest absolute Gasteiger partial charge is 0.352 e. The molecule has 0 fully saturated rings. The second-order valence-electron chi connectivity index (χ2n) is 7.67. The summed E-state index contributed by atoms with van der Waals surface area (Å²) in [5.74, 6) is 1.07. The van der Waals surface area contributed by atoms with Gasteiger partial charge in [0.15, 0.2) is 0 Å². The quantitative estimate of drug-likeness (QED) is 0.553. The molecular formula is C25H34N2O2S. The van der Waals surface area contributed by atoms with Gasteiger partial charge in [-0.2, -0.15) is 0 Å². The van der Waals surface area contributed by atoms with Crippen molar-refractivity contribution in [3.05, 3.63) is 71.3 Å². The van der Waals surface area contributed by atoms with Crippen LogP contribution in [0.2, 0.25) is 0 Å². The van der Waals surface area contributed by atoms with Crippen molar-refractivity contribution < 1.29 is 9.59 Å². The topological polar surface area (TPSA) is 49.4 Å². The summed E-state index contributed by atoms with van der Waals surface area (Å²) in [6.45, 7) is 8.50. The van der Waals surface area contributed by atoms with Gasteiger partial charge in [-0.3, -0.25) is 9.59 Å². The van der Waals surface area contributed by atoms with Crippen LogP contribution in [0.3, 0.4) is 0 Å². The molecule has 2 atom stereocenters. The van der Waals surface area contributed by atoms with Crippen LogP contribution in [0.5, 0.6) is 0 Å². The predicted octanol–water partition coefficient (Wildman–Crippen LogP) is 4.95. The minimum atomic E-state index is -0.469. The number of nitrogens with one attached hydrogen (secondary N) is 1. The third-order valence-electron chi connectivity index (χ3n) is 5.33. The number of aryl methyl sites for hydroxylation is 1. The molecule has 0 aliphatic heterocycles. The molecule has 0 saturated carbocycles. The normalized spacial score (nSPS) is 12.8. The van der Waals surface area contributed by atoms with Gasteiger partial charge in [-0.15, -0.1) is 11.8 Å². The zero-order valence-corrected chi connectivity index (χ0v) is 19.4. The van der Waals surface area contributed by atoms with Crippen LogP contribution >= 0.6 is 11.8 Å². The third-order valence-corrected chi connectivity index (χ3v) is 6.31. The first-order chi connectivity index (χ1) is 14.5.